The molecule has 0 radical (unpaired) electrons. The van der Waals surface area contributed by atoms with Crippen LogP contribution in [0.25, 0.3) is 11.1 Å². The van der Waals surface area contributed by atoms with Gasteiger partial charge in [0.1, 0.15) is 17.5 Å². The number of ketones is 2. The summed E-state index contributed by atoms with van der Waals surface area (Å²) in [5.41, 5.74) is 8.90. The maximum Gasteiger partial charge on any atom is 0.407 e. The number of carbonyl (C=O) groups is 4. The maximum absolute atomic E-state index is 13.7. The zero-order chi connectivity index (χ0) is 41.5. The lowest BCUT2D eigenvalue weighted by molar-refractivity contribution is -0.123. The SMILES string of the molecule is CC(C)C(NC(=O)OCC1c2ccccc2-c2ccccc21)C(=O)NCCS(=O)(=O)c1cccc(Nc2cc(S(=O)(=O)O)c(N)c3c2C(=O)c2ccccc2C3=O)c1. The van der Waals surface area contributed by atoms with Gasteiger partial charge in [0.05, 0.1) is 33.2 Å². The molecule has 14 nitrogen and oxygen atoms in total. The summed E-state index contributed by atoms with van der Waals surface area (Å²) in [5.74, 6) is -3.09. The fraction of sp³-hybridized carbons (Fsp3) is 0.190. The molecular formula is C42H38N4O10S2. The van der Waals surface area contributed by atoms with Crippen LogP contribution in [0.2, 0.25) is 0 Å². The zero-order valence-electron chi connectivity index (χ0n) is 31.2. The van der Waals surface area contributed by atoms with Crippen LogP contribution in [0.5, 0.6) is 0 Å². The summed E-state index contributed by atoms with van der Waals surface area (Å²) >= 11 is 0. The van der Waals surface area contributed by atoms with Crippen molar-refractivity contribution >= 4 is 60.6 Å². The van der Waals surface area contributed by atoms with Gasteiger partial charge in [-0.1, -0.05) is 92.7 Å². The van der Waals surface area contributed by atoms with Gasteiger partial charge in [0.2, 0.25) is 5.91 Å². The first-order valence-corrected chi connectivity index (χ1v) is 21.3. The molecular weight excluding hydrogens is 785 g/mol. The van der Waals surface area contributed by atoms with Gasteiger partial charge in [-0.25, -0.2) is 13.2 Å². The smallest absolute Gasteiger partial charge is 0.407 e. The van der Waals surface area contributed by atoms with Crippen molar-refractivity contribution in [3.8, 4) is 11.1 Å². The highest BCUT2D eigenvalue weighted by molar-refractivity contribution is 7.91. The molecule has 2 amide bonds. The molecule has 0 saturated carbocycles. The minimum absolute atomic E-state index is 0.00181. The van der Waals surface area contributed by atoms with E-state index in [4.69, 9.17) is 10.5 Å². The van der Waals surface area contributed by atoms with Crippen molar-refractivity contribution in [1.29, 1.82) is 0 Å². The zero-order valence-corrected chi connectivity index (χ0v) is 32.8. The normalized spacial score (nSPS) is 13.9. The molecule has 0 aliphatic heterocycles. The third kappa shape index (κ3) is 7.56. The molecule has 58 heavy (non-hydrogen) atoms. The van der Waals surface area contributed by atoms with Gasteiger partial charge >= 0.3 is 6.09 Å². The Bertz CT molecular complexity index is 2700. The van der Waals surface area contributed by atoms with E-state index < -0.39 is 71.5 Å². The van der Waals surface area contributed by atoms with Crippen LogP contribution < -0.4 is 21.7 Å². The van der Waals surface area contributed by atoms with E-state index in [2.05, 4.69) is 16.0 Å². The van der Waals surface area contributed by atoms with Crippen LogP contribution in [0.1, 0.15) is 62.7 Å². The summed E-state index contributed by atoms with van der Waals surface area (Å²) in [6.07, 6.45) is -0.797. The first kappa shape index (κ1) is 39.9. The number of hydrogen-bond acceptors (Lipinski definition) is 11. The Kier molecular flexibility index (Phi) is 10.7. The third-order valence-corrected chi connectivity index (χ3v) is 12.8. The molecule has 0 aromatic heterocycles. The van der Waals surface area contributed by atoms with Gasteiger partial charge in [-0.05, 0) is 52.4 Å². The lowest BCUT2D eigenvalue weighted by Crippen LogP contribution is -2.50. The molecule has 5 aromatic carbocycles. The highest BCUT2D eigenvalue weighted by Gasteiger charge is 2.37. The number of hydrogen-bond donors (Lipinski definition) is 5. The van der Waals surface area contributed by atoms with E-state index in [1.165, 1.54) is 42.5 Å². The monoisotopic (exact) mass is 822 g/mol. The van der Waals surface area contributed by atoms with Gasteiger partial charge in [0, 0.05) is 29.3 Å². The van der Waals surface area contributed by atoms with Crippen molar-refractivity contribution in [2.75, 3.05) is 30.0 Å². The Hall–Kier alpha value is -6.36. The van der Waals surface area contributed by atoms with Crippen molar-refractivity contribution < 1.29 is 45.3 Å². The Morgan fingerprint density at radius 1 is 0.776 bits per heavy atom. The van der Waals surface area contributed by atoms with E-state index >= 15 is 0 Å². The van der Waals surface area contributed by atoms with E-state index in [1.807, 2.05) is 48.5 Å². The van der Waals surface area contributed by atoms with Crippen molar-refractivity contribution in [2.24, 2.45) is 5.92 Å². The number of nitrogens with one attached hydrogen (secondary N) is 3. The van der Waals surface area contributed by atoms with E-state index in [-0.39, 0.29) is 57.9 Å². The molecule has 298 valence electrons. The van der Waals surface area contributed by atoms with E-state index in [9.17, 15) is 40.6 Å². The molecule has 0 saturated heterocycles. The first-order chi connectivity index (χ1) is 27.6. The van der Waals surface area contributed by atoms with Gasteiger partial charge in [-0.3, -0.25) is 18.9 Å². The molecule has 5 aromatic rings. The summed E-state index contributed by atoms with van der Waals surface area (Å²) < 4.78 is 67.2. The van der Waals surface area contributed by atoms with Crippen LogP contribution in [0.3, 0.4) is 0 Å². The second-order valence-corrected chi connectivity index (χ2v) is 17.7. The van der Waals surface area contributed by atoms with Crippen LogP contribution in [-0.4, -0.2) is 69.9 Å². The molecule has 2 aliphatic rings. The fourth-order valence-corrected chi connectivity index (χ4v) is 9.21. The number of amides is 2. The number of anilines is 3. The van der Waals surface area contributed by atoms with Crippen LogP contribution >= 0.6 is 0 Å². The number of nitrogen functional groups attached to an aromatic ring is 1. The molecule has 1 unspecified atom stereocenters. The summed E-state index contributed by atoms with van der Waals surface area (Å²) in [6.45, 7) is 3.18. The Labute approximate surface area is 334 Å². The van der Waals surface area contributed by atoms with Crippen molar-refractivity contribution in [3.63, 3.8) is 0 Å². The number of rotatable bonds is 12. The fourth-order valence-electron chi connectivity index (χ4n) is 7.37. The highest BCUT2D eigenvalue weighted by Crippen LogP contribution is 2.45. The van der Waals surface area contributed by atoms with Gasteiger partial charge in [-0.2, -0.15) is 8.42 Å². The predicted molar refractivity (Wildman–Crippen MR) is 216 cm³/mol. The topological polar surface area (TPSA) is 228 Å². The molecule has 6 N–H and O–H groups in total. The minimum Gasteiger partial charge on any atom is -0.449 e. The van der Waals surface area contributed by atoms with Gasteiger partial charge in [0.15, 0.2) is 21.4 Å². The summed E-state index contributed by atoms with van der Waals surface area (Å²) in [4.78, 5) is 52.4. The Morgan fingerprint density at radius 2 is 1.34 bits per heavy atom. The minimum atomic E-state index is -4.98. The van der Waals surface area contributed by atoms with E-state index in [0.717, 1.165) is 28.3 Å². The highest BCUT2D eigenvalue weighted by atomic mass is 32.2. The molecule has 0 heterocycles. The van der Waals surface area contributed by atoms with Crippen LogP contribution in [0.15, 0.2) is 113 Å². The number of carbonyl (C=O) groups excluding carboxylic acids is 4. The molecule has 2 aliphatic carbocycles. The standard InChI is InChI=1S/C42H38N4O10S2/c1-23(2)38(46-42(50)56-22-32-28-14-5-3-12-26(28)27-13-4-6-15-29(27)32)41(49)44-18-19-57(51,52)25-11-9-10-24(20-25)45-33-21-34(58(53,54)55)37(43)36-35(33)39(47)30-16-7-8-17-31(30)40(36)48/h3-17,20-21,23,32,38,45H,18-19,22,43H2,1-2H3,(H,44,49)(H,46,50)(H,53,54,55). The molecule has 1 atom stereocenters. The average Bonchev–Trinajstić information content (AvgIpc) is 3.51. The largest absolute Gasteiger partial charge is 0.449 e. The number of nitrogens with two attached hydrogens (primary N) is 1. The third-order valence-electron chi connectivity index (χ3n) is 10.2. The van der Waals surface area contributed by atoms with Crippen molar-refractivity contribution in [3.05, 3.63) is 137 Å². The van der Waals surface area contributed by atoms with Crippen molar-refractivity contribution in [2.45, 2.75) is 35.6 Å². The first-order valence-electron chi connectivity index (χ1n) is 18.2. The number of fused-ring (bicyclic) bond motifs is 5. The van der Waals surface area contributed by atoms with Crippen molar-refractivity contribution in [1.82, 2.24) is 10.6 Å². The van der Waals surface area contributed by atoms with Gasteiger partial charge < -0.3 is 26.4 Å². The van der Waals surface area contributed by atoms with Crippen LogP contribution in [-0.2, 0) is 29.5 Å². The van der Waals surface area contributed by atoms with Crippen LogP contribution in [0, 0.1) is 5.92 Å². The molecule has 0 bridgehead atoms. The number of alkyl carbamates (subject to hydrolysis) is 1. The second-order valence-electron chi connectivity index (χ2n) is 14.2. The summed E-state index contributed by atoms with van der Waals surface area (Å²) in [7, 11) is -9.05. The van der Waals surface area contributed by atoms with E-state index in [1.54, 1.807) is 19.9 Å². The molecule has 0 fully saturated rings. The second kappa shape index (κ2) is 15.5. The summed E-state index contributed by atoms with van der Waals surface area (Å²) in [6, 6.07) is 26.9. The average molecular weight is 823 g/mol. The molecule has 7 rings (SSSR count). The molecule has 0 spiro atoms. The summed E-state index contributed by atoms with van der Waals surface area (Å²) in [5, 5.41) is 8.03. The molecule has 16 heteroatoms. The Balaban J connectivity index is 1.02. The van der Waals surface area contributed by atoms with E-state index in [0.29, 0.717) is 0 Å². The maximum atomic E-state index is 13.7. The number of sulfone groups is 1. The lowest BCUT2D eigenvalue weighted by Gasteiger charge is -2.23. The Morgan fingerprint density at radius 3 is 1.93 bits per heavy atom. The lowest BCUT2D eigenvalue weighted by atomic mass is 9.82. The van der Waals surface area contributed by atoms with Gasteiger partial charge in [-0.15, -0.1) is 0 Å². The van der Waals surface area contributed by atoms with Gasteiger partial charge in [0.25, 0.3) is 10.1 Å². The quantitative estimate of drug-likeness (QED) is 0.0763. The van der Waals surface area contributed by atoms with Crippen LogP contribution in [0.4, 0.5) is 21.9 Å². The predicted octanol–water partition coefficient (Wildman–Crippen LogP) is 5.49. The number of benzene rings is 5. The number of ether oxygens (including phenoxy) is 1.